The fourth-order valence-corrected chi connectivity index (χ4v) is 3.28. The van der Waals surface area contributed by atoms with E-state index in [4.69, 9.17) is 4.99 Å². The van der Waals surface area contributed by atoms with Crippen molar-refractivity contribution in [1.29, 1.82) is 0 Å². The summed E-state index contributed by atoms with van der Waals surface area (Å²) in [6.45, 7) is 8.15. The van der Waals surface area contributed by atoms with Crippen LogP contribution < -0.4 is 15.5 Å². The number of aromatic nitrogens is 3. The van der Waals surface area contributed by atoms with Crippen molar-refractivity contribution in [2.45, 2.75) is 33.4 Å². The zero-order valence-corrected chi connectivity index (χ0v) is 21.5. The van der Waals surface area contributed by atoms with Gasteiger partial charge in [0.1, 0.15) is 5.82 Å². The lowest BCUT2D eigenvalue weighted by Gasteiger charge is -2.23. The summed E-state index contributed by atoms with van der Waals surface area (Å²) < 4.78 is 1.99. The number of guanidine groups is 1. The monoisotopic (exact) mass is 547 g/mol. The summed E-state index contributed by atoms with van der Waals surface area (Å²) in [7, 11) is 1.98. The molecule has 0 atom stereocenters. The molecule has 1 heterocycles. The van der Waals surface area contributed by atoms with Crippen LogP contribution in [0.1, 0.15) is 30.6 Å². The lowest BCUT2D eigenvalue weighted by atomic mass is 10.2. The van der Waals surface area contributed by atoms with E-state index in [0.717, 1.165) is 43.7 Å². The van der Waals surface area contributed by atoms with Gasteiger partial charge in [0.2, 0.25) is 0 Å². The smallest absolute Gasteiger partial charge is 0.191 e. The molecular weight excluding hydrogens is 513 g/mol. The van der Waals surface area contributed by atoms with E-state index in [-0.39, 0.29) is 24.0 Å². The van der Waals surface area contributed by atoms with Gasteiger partial charge in [0.25, 0.3) is 0 Å². The fraction of sp³-hybridized carbons (Fsp3) is 0.375. The molecule has 7 nitrogen and oxygen atoms in total. The highest BCUT2D eigenvalue weighted by Crippen LogP contribution is 2.12. The molecule has 2 N–H and O–H groups in total. The highest BCUT2D eigenvalue weighted by atomic mass is 127. The Morgan fingerprint density at radius 2 is 1.69 bits per heavy atom. The molecule has 0 saturated heterocycles. The Morgan fingerprint density at radius 1 is 1.00 bits per heavy atom. The maximum atomic E-state index is 4.76. The SMILES string of the molecule is CCN(CCCNC(=NCc1ccccc1)NCc1nnc(C)n1C)c1ccccc1.I. The Morgan fingerprint density at radius 3 is 2.31 bits per heavy atom. The average molecular weight is 547 g/mol. The van der Waals surface area contributed by atoms with Gasteiger partial charge < -0.3 is 20.1 Å². The molecular formula is C24H34IN7. The van der Waals surface area contributed by atoms with E-state index in [2.05, 4.69) is 75.1 Å². The Kier molecular flexibility index (Phi) is 11.0. The first-order valence-corrected chi connectivity index (χ1v) is 10.9. The topological polar surface area (TPSA) is 70.4 Å². The predicted molar refractivity (Wildman–Crippen MR) is 143 cm³/mol. The van der Waals surface area contributed by atoms with Gasteiger partial charge in [-0.3, -0.25) is 0 Å². The number of aliphatic imine (C=N–C) groups is 1. The van der Waals surface area contributed by atoms with Crippen LogP contribution in [0.2, 0.25) is 0 Å². The lowest BCUT2D eigenvalue weighted by molar-refractivity contribution is 0.688. The standard InChI is InChI=1S/C24H33N7.HI/c1-4-31(22-14-9-6-10-15-22)17-11-16-25-24(26-18-21-12-7-5-8-13-21)27-19-23-29-28-20(2)30(23)3;/h5-10,12-15H,4,11,16-19H2,1-3H3,(H2,25,26,27);1H. The second kappa shape index (κ2) is 13.7. The summed E-state index contributed by atoms with van der Waals surface area (Å²) in [5, 5.41) is 15.2. The third-order valence-corrected chi connectivity index (χ3v) is 5.26. The first-order valence-electron chi connectivity index (χ1n) is 10.9. The third-order valence-electron chi connectivity index (χ3n) is 5.26. The summed E-state index contributed by atoms with van der Waals surface area (Å²) >= 11 is 0. The van der Waals surface area contributed by atoms with Crippen LogP contribution in [-0.4, -0.2) is 40.4 Å². The first kappa shape index (κ1) is 25.6. The number of rotatable bonds is 10. The number of halogens is 1. The number of benzene rings is 2. The molecule has 0 radical (unpaired) electrons. The molecule has 0 spiro atoms. The van der Waals surface area contributed by atoms with E-state index < -0.39 is 0 Å². The molecule has 0 unspecified atom stereocenters. The number of nitrogens with zero attached hydrogens (tertiary/aromatic N) is 5. The van der Waals surface area contributed by atoms with Crippen LogP contribution in [0.25, 0.3) is 0 Å². The Balaban J connectivity index is 0.00000363. The average Bonchev–Trinajstić information content (AvgIpc) is 3.14. The van der Waals surface area contributed by atoms with E-state index in [1.807, 2.05) is 36.7 Å². The third kappa shape index (κ3) is 7.81. The van der Waals surface area contributed by atoms with Crippen LogP contribution >= 0.6 is 24.0 Å². The number of para-hydroxylation sites is 1. The van der Waals surface area contributed by atoms with Crippen molar-refractivity contribution in [2.75, 3.05) is 24.5 Å². The molecule has 172 valence electrons. The molecule has 2 aromatic carbocycles. The lowest BCUT2D eigenvalue weighted by Crippen LogP contribution is -2.39. The largest absolute Gasteiger partial charge is 0.372 e. The normalized spacial score (nSPS) is 11.0. The molecule has 8 heteroatoms. The van der Waals surface area contributed by atoms with E-state index in [0.29, 0.717) is 13.1 Å². The van der Waals surface area contributed by atoms with Crippen molar-refractivity contribution in [3.63, 3.8) is 0 Å². The van der Waals surface area contributed by atoms with Crippen molar-refractivity contribution >= 4 is 35.6 Å². The predicted octanol–water partition coefficient (Wildman–Crippen LogP) is 3.89. The van der Waals surface area contributed by atoms with Crippen LogP contribution in [0.15, 0.2) is 65.7 Å². The summed E-state index contributed by atoms with van der Waals surface area (Å²) in [4.78, 5) is 7.15. The zero-order chi connectivity index (χ0) is 21.9. The van der Waals surface area contributed by atoms with Gasteiger partial charge in [0, 0.05) is 32.4 Å². The van der Waals surface area contributed by atoms with E-state index in [1.54, 1.807) is 0 Å². The zero-order valence-electron chi connectivity index (χ0n) is 19.2. The molecule has 0 amide bonds. The summed E-state index contributed by atoms with van der Waals surface area (Å²) in [5.74, 6) is 2.56. The van der Waals surface area contributed by atoms with Crippen LogP contribution in [0.4, 0.5) is 5.69 Å². The minimum absolute atomic E-state index is 0. The van der Waals surface area contributed by atoms with Crippen molar-refractivity contribution < 1.29 is 0 Å². The number of hydrogen-bond donors (Lipinski definition) is 2. The Bertz CT molecular complexity index is 941. The Labute approximate surface area is 208 Å². The fourth-order valence-electron chi connectivity index (χ4n) is 3.28. The van der Waals surface area contributed by atoms with Gasteiger partial charge in [-0.2, -0.15) is 0 Å². The first-order chi connectivity index (χ1) is 15.2. The Hall–Kier alpha value is -2.62. The number of nitrogens with one attached hydrogen (secondary N) is 2. The number of aryl methyl sites for hydroxylation is 1. The van der Waals surface area contributed by atoms with Gasteiger partial charge in [0.05, 0.1) is 13.1 Å². The van der Waals surface area contributed by atoms with Gasteiger partial charge in [0.15, 0.2) is 11.8 Å². The number of anilines is 1. The van der Waals surface area contributed by atoms with Gasteiger partial charge >= 0.3 is 0 Å². The minimum atomic E-state index is 0. The van der Waals surface area contributed by atoms with Crippen LogP contribution in [0.5, 0.6) is 0 Å². The van der Waals surface area contributed by atoms with Gasteiger partial charge in [-0.25, -0.2) is 4.99 Å². The van der Waals surface area contributed by atoms with E-state index in [1.165, 1.54) is 11.3 Å². The minimum Gasteiger partial charge on any atom is -0.372 e. The van der Waals surface area contributed by atoms with Gasteiger partial charge in [-0.15, -0.1) is 34.2 Å². The van der Waals surface area contributed by atoms with Crippen LogP contribution in [0.3, 0.4) is 0 Å². The molecule has 3 aromatic rings. The maximum absolute atomic E-state index is 4.76. The molecule has 0 saturated carbocycles. The van der Waals surface area contributed by atoms with Crippen molar-refractivity contribution in [3.8, 4) is 0 Å². The molecule has 0 aliphatic rings. The van der Waals surface area contributed by atoms with Crippen molar-refractivity contribution in [2.24, 2.45) is 12.0 Å². The quantitative estimate of drug-likeness (QED) is 0.175. The molecule has 0 bridgehead atoms. The van der Waals surface area contributed by atoms with E-state index >= 15 is 0 Å². The molecule has 1 aromatic heterocycles. The highest BCUT2D eigenvalue weighted by molar-refractivity contribution is 14.0. The molecule has 0 aliphatic heterocycles. The number of hydrogen-bond acceptors (Lipinski definition) is 4. The molecule has 0 aliphatic carbocycles. The van der Waals surface area contributed by atoms with Crippen molar-refractivity contribution in [3.05, 3.63) is 77.9 Å². The van der Waals surface area contributed by atoms with E-state index in [9.17, 15) is 0 Å². The summed E-state index contributed by atoms with van der Waals surface area (Å²) in [6.07, 6.45) is 1.01. The second-order valence-electron chi connectivity index (χ2n) is 7.42. The van der Waals surface area contributed by atoms with Gasteiger partial charge in [-0.1, -0.05) is 48.5 Å². The van der Waals surface area contributed by atoms with Gasteiger partial charge in [-0.05, 0) is 38.0 Å². The highest BCUT2D eigenvalue weighted by Gasteiger charge is 2.07. The maximum Gasteiger partial charge on any atom is 0.191 e. The van der Waals surface area contributed by atoms with Crippen LogP contribution in [0, 0.1) is 6.92 Å². The molecule has 32 heavy (non-hydrogen) atoms. The molecule has 0 fully saturated rings. The second-order valence-corrected chi connectivity index (χ2v) is 7.42. The summed E-state index contributed by atoms with van der Waals surface area (Å²) in [6, 6.07) is 20.8. The van der Waals surface area contributed by atoms with Crippen LogP contribution in [-0.2, 0) is 20.1 Å². The summed E-state index contributed by atoms with van der Waals surface area (Å²) in [5.41, 5.74) is 2.44. The van der Waals surface area contributed by atoms with Crippen molar-refractivity contribution in [1.82, 2.24) is 25.4 Å². The molecule has 3 rings (SSSR count).